The summed E-state index contributed by atoms with van der Waals surface area (Å²) in [4.78, 5) is 41.4. The van der Waals surface area contributed by atoms with E-state index >= 15 is 0 Å². The topological polar surface area (TPSA) is 109 Å². The molecular weight excluding hydrogens is 468 g/mol. The van der Waals surface area contributed by atoms with Crippen LogP contribution in [-0.2, 0) is 23.9 Å². The van der Waals surface area contributed by atoms with E-state index in [4.69, 9.17) is 15.2 Å². The van der Waals surface area contributed by atoms with Crippen molar-refractivity contribution in [2.45, 2.75) is 57.7 Å². The van der Waals surface area contributed by atoms with Crippen LogP contribution in [0.25, 0.3) is 10.8 Å². The van der Waals surface area contributed by atoms with Crippen LogP contribution in [0.2, 0.25) is 0 Å². The van der Waals surface area contributed by atoms with E-state index in [9.17, 15) is 14.4 Å². The van der Waals surface area contributed by atoms with E-state index < -0.39 is 22.8 Å². The minimum Gasteiger partial charge on any atom is -0.489 e. The van der Waals surface area contributed by atoms with Crippen LogP contribution in [0.3, 0.4) is 0 Å². The number of hydrogen-bond acceptors (Lipinski definition) is 6. The normalized spacial score (nSPS) is 34.2. The second-order valence-electron chi connectivity index (χ2n) is 11.2. The SMILES string of the molecule is CC(=O)OC1(C)C[C@H]2[C@@H]3OC4=C(C=C3C=C[C@]2(C)[C@H]1c1cccc2cnccc12)C(=O)CC(C(N)=O)C4. The Labute approximate surface area is 215 Å². The first-order chi connectivity index (χ1) is 17.6. The van der Waals surface area contributed by atoms with Gasteiger partial charge < -0.3 is 15.2 Å². The molecular formula is C30H30N2O5. The summed E-state index contributed by atoms with van der Waals surface area (Å²) in [6, 6.07) is 8.18. The highest BCUT2D eigenvalue weighted by atomic mass is 16.6. The lowest BCUT2D eigenvalue weighted by atomic mass is 9.63. The second-order valence-corrected chi connectivity index (χ2v) is 11.2. The number of nitrogens with two attached hydrogens (primary N) is 1. The molecule has 4 aliphatic rings. The van der Waals surface area contributed by atoms with Gasteiger partial charge in [0.05, 0.1) is 11.5 Å². The molecule has 2 aromatic rings. The number of carbonyl (C=O) groups excluding carboxylic acids is 3. The van der Waals surface area contributed by atoms with Crippen molar-refractivity contribution in [1.29, 1.82) is 0 Å². The number of amides is 1. The zero-order valence-electron chi connectivity index (χ0n) is 21.2. The van der Waals surface area contributed by atoms with E-state index in [0.717, 1.165) is 21.9 Å². The highest BCUT2D eigenvalue weighted by Gasteiger charge is 2.63. The number of benzene rings is 1. The van der Waals surface area contributed by atoms with Gasteiger partial charge in [0.2, 0.25) is 5.91 Å². The average molecular weight is 499 g/mol. The Balaban J connectivity index is 1.47. The van der Waals surface area contributed by atoms with Gasteiger partial charge in [-0.15, -0.1) is 0 Å². The summed E-state index contributed by atoms with van der Waals surface area (Å²) in [5, 5.41) is 2.11. The van der Waals surface area contributed by atoms with Crippen molar-refractivity contribution in [3.05, 3.63) is 77.4 Å². The van der Waals surface area contributed by atoms with Crippen molar-refractivity contribution in [3.8, 4) is 0 Å². The number of rotatable bonds is 3. The maximum absolute atomic E-state index is 12.8. The number of pyridine rings is 1. The Kier molecular flexibility index (Phi) is 5.20. The number of Topliss-reactive ketones (excluding diaryl/α,β-unsaturated/α-hetero) is 1. The van der Waals surface area contributed by atoms with Gasteiger partial charge in [0.25, 0.3) is 0 Å². The third kappa shape index (κ3) is 3.55. The molecule has 0 radical (unpaired) electrons. The summed E-state index contributed by atoms with van der Waals surface area (Å²) in [5.41, 5.74) is 6.91. The van der Waals surface area contributed by atoms with Crippen LogP contribution in [0.15, 0.2) is 71.8 Å². The number of ketones is 1. The minimum atomic E-state index is -0.793. The molecule has 0 saturated heterocycles. The summed E-state index contributed by atoms with van der Waals surface area (Å²) in [6.07, 6.45) is 10.5. The van der Waals surface area contributed by atoms with Crippen LogP contribution in [0.1, 0.15) is 51.5 Å². The third-order valence-electron chi connectivity index (χ3n) is 8.84. The second kappa shape index (κ2) is 8.13. The van der Waals surface area contributed by atoms with Gasteiger partial charge in [-0.05, 0) is 42.0 Å². The molecule has 1 saturated carbocycles. The van der Waals surface area contributed by atoms with E-state index in [1.165, 1.54) is 6.92 Å². The van der Waals surface area contributed by atoms with Crippen molar-refractivity contribution < 1.29 is 23.9 Å². The number of primary amides is 1. The molecule has 37 heavy (non-hydrogen) atoms. The number of aromatic nitrogens is 1. The van der Waals surface area contributed by atoms with Crippen molar-refractivity contribution >= 4 is 28.4 Å². The van der Waals surface area contributed by atoms with Crippen molar-refractivity contribution in [3.63, 3.8) is 0 Å². The molecule has 3 aliphatic carbocycles. The summed E-state index contributed by atoms with van der Waals surface area (Å²) < 4.78 is 12.7. The Bertz CT molecular complexity index is 1450. The van der Waals surface area contributed by atoms with Gasteiger partial charge in [0, 0.05) is 54.8 Å². The number of fused-ring (bicyclic) bond motifs is 4. The van der Waals surface area contributed by atoms with Gasteiger partial charge in [0.1, 0.15) is 17.5 Å². The lowest BCUT2D eigenvalue weighted by Gasteiger charge is -2.45. The molecule has 2 unspecified atom stereocenters. The number of ether oxygens (including phenoxy) is 2. The molecule has 7 heteroatoms. The van der Waals surface area contributed by atoms with Gasteiger partial charge in [-0.3, -0.25) is 19.4 Å². The van der Waals surface area contributed by atoms with Crippen molar-refractivity contribution in [2.75, 3.05) is 0 Å². The van der Waals surface area contributed by atoms with Gasteiger partial charge in [-0.2, -0.15) is 0 Å². The zero-order chi connectivity index (χ0) is 26.1. The maximum Gasteiger partial charge on any atom is 0.303 e. The quantitative estimate of drug-likeness (QED) is 0.633. The largest absolute Gasteiger partial charge is 0.489 e. The fourth-order valence-corrected chi connectivity index (χ4v) is 7.36. The fourth-order valence-electron chi connectivity index (χ4n) is 7.36. The Morgan fingerprint density at radius 2 is 2.00 bits per heavy atom. The molecule has 7 nitrogen and oxygen atoms in total. The van der Waals surface area contributed by atoms with Crippen molar-refractivity contribution in [1.82, 2.24) is 4.98 Å². The van der Waals surface area contributed by atoms with Crippen LogP contribution in [0.5, 0.6) is 0 Å². The highest BCUT2D eigenvalue weighted by Crippen LogP contribution is 2.65. The third-order valence-corrected chi connectivity index (χ3v) is 8.84. The Morgan fingerprint density at radius 1 is 1.19 bits per heavy atom. The molecule has 6 rings (SSSR count). The lowest BCUT2D eigenvalue weighted by molar-refractivity contribution is -0.157. The first-order valence-corrected chi connectivity index (χ1v) is 12.8. The van der Waals surface area contributed by atoms with E-state index in [2.05, 4.69) is 30.1 Å². The molecule has 2 N–H and O–H groups in total. The molecule has 1 fully saturated rings. The smallest absolute Gasteiger partial charge is 0.303 e. The van der Waals surface area contributed by atoms with Crippen LogP contribution in [0.4, 0.5) is 0 Å². The Morgan fingerprint density at radius 3 is 2.76 bits per heavy atom. The van der Waals surface area contributed by atoms with Crippen LogP contribution in [-0.4, -0.2) is 34.3 Å². The monoisotopic (exact) mass is 498 g/mol. The number of allylic oxidation sites excluding steroid dienone is 4. The summed E-state index contributed by atoms with van der Waals surface area (Å²) in [5.74, 6) is -1.12. The summed E-state index contributed by atoms with van der Waals surface area (Å²) in [7, 11) is 0. The average Bonchev–Trinajstić information content (AvgIpc) is 3.08. The number of carbonyl (C=O) groups is 3. The molecule has 2 heterocycles. The van der Waals surface area contributed by atoms with Crippen LogP contribution in [0, 0.1) is 17.3 Å². The van der Waals surface area contributed by atoms with Gasteiger partial charge in [-0.1, -0.05) is 37.3 Å². The maximum atomic E-state index is 12.8. The van der Waals surface area contributed by atoms with Crippen LogP contribution < -0.4 is 5.73 Å². The number of hydrogen-bond donors (Lipinski definition) is 1. The van der Waals surface area contributed by atoms with Crippen LogP contribution >= 0.6 is 0 Å². The summed E-state index contributed by atoms with van der Waals surface area (Å²) >= 11 is 0. The van der Waals surface area contributed by atoms with Gasteiger partial charge >= 0.3 is 5.97 Å². The molecule has 1 aliphatic heterocycles. The van der Waals surface area contributed by atoms with E-state index in [1.54, 1.807) is 6.20 Å². The molecule has 0 bridgehead atoms. The molecule has 1 aromatic carbocycles. The first-order valence-electron chi connectivity index (χ1n) is 12.8. The number of nitrogens with zero attached hydrogens (tertiary/aromatic N) is 1. The van der Waals surface area contributed by atoms with Gasteiger partial charge in [-0.25, -0.2) is 0 Å². The van der Waals surface area contributed by atoms with E-state index in [1.807, 2.05) is 37.4 Å². The molecule has 1 aromatic heterocycles. The number of esters is 1. The van der Waals surface area contributed by atoms with E-state index in [-0.39, 0.29) is 36.1 Å². The summed E-state index contributed by atoms with van der Waals surface area (Å²) in [6.45, 7) is 5.67. The zero-order valence-corrected chi connectivity index (χ0v) is 21.2. The molecule has 6 atom stereocenters. The van der Waals surface area contributed by atoms with E-state index in [0.29, 0.717) is 24.2 Å². The molecule has 0 spiro atoms. The highest BCUT2D eigenvalue weighted by molar-refractivity contribution is 6.02. The first kappa shape index (κ1) is 23.6. The fraction of sp³-hybridized carbons (Fsp3) is 0.400. The van der Waals surface area contributed by atoms with Crippen molar-refractivity contribution in [2.24, 2.45) is 23.0 Å². The predicted octanol–water partition coefficient (Wildman–Crippen LogP) is 4.28. The predicted molar refractivity (Wildman–Crippen MR) is 137 cm³/mol. The minimum absolute atomic E-state index is 0.0340. The standard InChI is InChI=1S/C30H30N2O5/c1-16(33)37-30(3)14-23-26-17(11-22-24(34)12-19(28(31)35)13-25(22)36-26)7-9-29(23,2)27(30)21-6-4-5-18-15-32-10-8-20(18)21/h4-11,15,19,23,26-27H,12-14H2,1-3H3,(H2,31,35)/t19?,23-,26+,27+,29-,30?/m0/s1. The molecule has 1 amide bonds. The van der Waals surface area contributed by atoms with Gasteiger partial charge in [0.15, 0.2) is 5.78 Å². The Hall–Kier alpha value is -3.74. The molecule has 190 valence electrons. The lowest BCUT2D eigenvalue weighted by Crippen LogP contribution is -2.42.